The van der Waals surface area contributed by atoms with Gasteiger partial charge in [0.05, 0.1) is 10.6 Å². The number of aromatic amines is 1. The zero-order valence-corrected chi connectivity index (χ0v) is 8.99. The predicted octanol–water partition coefficient (Wildman–Crippen LogP) is 1.07. The van der Waals surface area contributed by atoms with Crippen LogP contribution < -0.4 is 5.73 Å². The molecule has 1 heterocycles. The SMILES string of the molecule is NC(=O)c1n[nH]nc1-c1c(O)ccc(Cl)c1F. The molecule has 1 amide bonds. The highest BCUT2D eigenvalue weighted by molar-refractivity contribution is 6.31. The maximum Gasteiger partial charge on any atom is 0.271 e. The molecular formula is C9H6ClFN4O2. The maximum atomic E-state index is 13.7. The zero-order chi connectivity index (χ0) is 12.6. The topological polar surface area (TPSA) is 105 Å². The van der Waals surface area contributed by atoms with Crippen LogP contribution in [0.1, 0.15) is 10.5 Å². The summed E-state index contributed by atoms with van der Waals surface area (Å²) in [6.07, 6.45) is 0. The molecule has 0 saturated heterocycles. The molecule has 0 aliphatic heterocycles. The first kappa shape index (κ1) is 11.3. The normalized spacial score (nSPS) is 10.5. The van der Waals surface area contributed by atoms with Gasteiger partial charge in [-0.05, 0) is 12.1 Å². The summed E-state index contributed by atoms with van der Waals surface area (Å²) in [5.41, 5.74) is 4.26. The van der Waals surface area contributed by atoms with Crippen LogP contribution in [0.4, 0.5) is 4.39 Å². The number of phenols is 1. The quantitative estimate of drug-likeness (QED) is 0.747. The number of hydrogen-bond acceptors (Lipinski definition) is 4. The number of phenolic OH excluding ortho intramolecular Hbond substituents is 1. The molecule has 1 aromatic carbocycles. The summed E-state index contributed by atoms with van der Waals surface area (Å²) in [4.78, 5) is 11.0. The van der Waals surface area contributed by atoms with Crippen molar-refractivity contribution >= 4 is 17.5 Å². The Morgan fingerprint density at radius 2 is 2.18 bits per heavy atom. The van der Waals surface area contributed by atoms with Gasteiger partial charge in [0.25, 0.3) is 5.91 Å². The first-order valence-electron chi connectivity index (χ1n) is 4.40. The van der Waals surface area contributed by atoms with Crippen LogP contribution in [0, 0.1) is 5.82 Å². The lowest BCUT2D eigenvalue weighted by molar-refractivity contribution is 0.0996. The van der Waals surface area contributed by atoms with E-state index in [1.807, 2.05) is 0 Å². The molecule has 0 bridgehead atoms. The average molecular weight is 257 g/mol. The van der Waals surface area contributed by atoms with Gasteiger partial charge in [0.2, 0.25) is 0 Å². The molecule has 6 nitrogen and oxygen atoms in total. The third kappa shape index (κ3) is 1.80. The number of amides is 1. The zero-order valence-electron chi connectivity index (χ0n) is 8.24. The van der Waals surface area contributed by atoms with E-state index in [2.05, 4.69) is 15.4 Å². The van der Waals surface area contributed by atoms with Gasteiger partial charge in [0, 0.05) is 0 Å². The molecule has 2 rings (SSSR count). The van der Waals surface area contributed by atoms with E-state index in [-0.39, 0.29) is 22.0 Å². The molecule has 0 radical (unpaired) electrons. The van der Waals surface area contributed by atoms with Gasteiger partial charge in [-0.1, -0.05) is 11.6 Å². The van der Waals surface area contributed by atoms with Gasteiger partial charge in [-0.3, -0.25) is 4.79 Å². The van der Waals surface area contributed by atoms with Crippen LogP contribution >= 0.6 is 11.6 Å². The number of nitrogens with two attached hydrogens (primary N) is 1. The molecule has 8 heteroatoms. The summed E-state index contributed by atoms with van der Waals surface area (Å²) in [5.74, 6) is -2.21. The van der Waals surface area contributed by atoms with Crippen molar-refractivity contribution < 1.29 is 14.3 Å². The van der Waals surface area contributed by atoms with Crippen molar-refractivity contribution in [2.75, 3.05) is 0 Å². The summed E-state index contributed by atoms with van der Waals surface area (Å²) in [5, 5.41) is 18.5. The van der Waals surface area contributed by atoms with Gasteiger partial charge >= 0.3 is 0 Å². The predicted molar refractivity (Wildman–Crippen MR) is 57.0 cm³/mol. The molecule has 4 N–H and O–H groups in total. The van der Waals surface area contributed by atoms with E-state index in [1.165, 1.54) is 12.1 Å². The van der Waals surface area contributed by atoms with Crippen LogP contribution in [0.5, 0.6) is 5.75 Å². The highest BCUT2D eigenvalue weighted by atomic mass is 35.5. The molecule has 0 spiro atoms. The molecule has 0 atom stereocenters. The van der Waals surface area contributed by atoms with Crippen LogP contribution in [-0.2, 0) is 0 Å². The number of hydrogen-bond donors (Lipinski definition) is 3. The maximum absolute atomic E-state index is 13.7. The van der Waals surface area contributed by atoms with Crippen molar-refractivity contribution in [1.29, 1.82) is 0 Å². The minimum Gasteiger partial charge on any atom is -0.507 e. The Bertz CT molecular complexity index is 599. The number of nitrogens with zero attached hydrogens (tertiary/aromatic N) is 2. The molecule has 88 valence electrons. The fourth-order valence-electron chi connectivity index (χ4n) is 1.34. The van der Waals surface area contributed by atoms with Gasteiger partial charge in [0.1, 0.15) is 11.4 Å². The minimum atomic E-state index is -0.900. The van der Waals surface area contributed by atoms with Crippen LogP contribution in [0.15, 0.2) is 12.1 Å². The van der Waals surface area contributed by atoms with Crippen molar-refractivity contribution in [3.63, 3.8) is 0 Å². The number of halogens is 2. The summed E-state index contributed by atoms with van der Waals surface area (Å²) < 4.78 is 13.7. The van der Waals surface area contributed by atoms with Crippen molar-refractivity contribution in [1.82, 2.24) is 15.4 Å². The number of aromatic nitrogens is 3. The van der Waals surface area contributed by atoms with Crippen molar-refractivity contribution in [3.8, 4) is 17.0 Å². The minimum absolute atomic E-state index is 0.185. The molecule has 0 fully saturated rings. The van der Waals surface area contributed by atoms with E-state index < -0.39 is 17.5 Å². The summed E-state index contributed by atoms with van der Waals surface area (Å²) >= 11 is 5.57. The van der Waals surface area contributed by atoms with Crippen LogP contribution in [-0.4, -0.2) is 26.4 Å². The third-order valence-electron chi connectivity index (χ3n) is 2.09. The highest BCUT2D eigenvalue weighted by Crippen LogP contribution is 2.35. The number of nitrogens with one attached hydrogen (secondary N) is 1. The highest BCUT2D eigenvalue weighted by Gasteiger charge is 2.22. The average Bonchev–Trinajstić information content (AvgIpc) is 2.73. The number of carbonyl (C=O) groups excluding carboxylic acids is 1. The molecule has 0 saturated carbocycles. The second-order valence-corrected chi connectivity index (χ2v) is 3.55. The van der Waals surface area contributed by atoms with Crippen LogP contribution in [0.3, 0.4) is 0 Å². The van der Waals surface area contributed by atoms with Crippen molar-refractivity contribution in [3.05, 3.63) is 28.7 Å². The van der Waals surface area contributed by atoms with E-state index in [4.69, 9.17) is 17.3 Å². The second-order valence-electron chi connectivity index (χ2n) is 3.14. The largest absolute Gasteiger partial charge is 0.507 e. The lowest BCUT2D eigenvalue weighted by atomic mass is 10.1. The first-order chi connectivity index (χ1) is 8.02. The summed E-state index contributed by atoms with van der Waals surface area (Å²) in [7, 11) is 0. The summed E-state index contributed by atoms with van der Waals surface area (Å²) in [6.45, 7) is 0. The second kappa shape index (κ2) is 4.02. The molecule has 1 aromatic heterocycles. The van der Waals surface area contributed by atoms with E-state index in [0.29, 0.717) is 0 Å². The van der Waals surface area contributed by atoms with Crippen molar-refractivity contribution in [2.24, 2.45) is 5.73 Å². The van der Waals surface area contributed by atoms with Gasteiger partial charge < -0.3 is 10.8 Å². The Hall–Kier alpha value is -2.15. The van der Waals surface area contributed by atoms with E-state index in [0.717, 1.165) is 0 Å². The van der Waals surface area contributed by atoms with E-state index >= 15 is 0 Å². The molecule has 17 heavy (non-hydrogen) atoms. The molecule has 0 unspecified atom stereocenters. The van der Waals surface area contributed by atoms with E-state index in [9.17, 15) is 14.3 Å². The van der Waals surface area contributed by atoms with Gasteiger partial charge in [0.15, 0.2) is 11.5 Å². The lowest BCUT2D eigenvalue weighted by Gasteiger charge is -2.04. The number of aromatic hydroxyl groups is 1. The monoisotopic (exact) mass is 256 g/mol. The fourth-order valence-corrected chi connectivity index (χ4v) is 1.50. The van der Waals surface area contributed by atoms with E-state index in [1.54, 1.807) is 0 Å². The molecule has 2 aromatic rings. The number of rotatable bonds is 2. The van der Waals surface area contributed by atoms with Gasteiger partial charge in [-0.25, -0.2) is 4.39 Å². The first-order valence-corrected chi connectivity index (χ1v) is 4.78. The number of benzene rings is 1. The Morgan fingerprint density at radius 3 is 2.82 bits per heavy atom. The Balaban J connectivity index is 2.72. The lowest BCUT2D eigenvalue weighted by Crippen LogP contribution is -2.13. The summed E-state index contributed by atoms with van der Waals surface area (Å²) in [6, 6.07) is 2.36. The Kier molecular flexibility index (Phi) is 2.68. The number of carbonyl (C=O) groups is 1. The molecular weight excluding hydrogens is 251 g/mol. The smallest absolute Gasteiger partial charge is 0.271 e. The Labute approximate surface area is 99.2 Å². The third-order valence-corrected chi connectivity index (χ3v) is 2.38. The van der Waals surface area contributed by atoms with Crippen LogP contribution in [0.2, 0.25) is 5.02 Å². The molecule has 0 aliphatic carbocycles. The standard InChI is InChI=1S/C9H6ClFN4O2/c10-3-1-2-4(16)5(6(3)11)7-8(9(12)17)14-15-13-7/h1-2,16H,(H2,12,17)(H,13,14,15). The number of H-pyrrole nitrogens is 1. The number of primary amides is 1. The fraction of sp³-hybridized carbons (Fsp3) is 0. The van der Waals surface area contributed by atoms with Gasteiger partial charge in [-0.15, -0.1) is 0 Å². The Morgan fingerprint density at radius 1 is 1.47 bits per heavy atom. The van der Waals surface area contributed by atoms with Crippen molar-refractivity contribution in [2.45, 2.75) is 0 Å². The van der Waals surface area contributed by atoms with Crippen LogP contribution in [0.25, 0.3) is 11.3 Å². The van der Waals surface area contributed by atoms with Gasteiger partial charge in [-0.2, -0.15) is 15.4 Å². The molecule has 0 aliphatic rings.